The summed E-state index contributed by atoms with van der Waals surface area (Å²) in [5.74, 6) is 2.36. The Morgan fingerprint density at radius 1 is 0.933 bits per heavy atom. The SMILES string of the molecule is COc1cccc(CN2N=C(c3ccc(OC)c(OC)c3)[C@@H]3CCCC[C@@H]3C2=O)c1. The van der Waals surface area contributed by atoms with Crippen LogP contribution >= 0.6 is 0 Å². The predicted molar refractivity (Wildman–Crippen MR) is 115 cm³/mol. The second-order valence-electron chi connectivity index (χ2n) is 7.80. The third kappa shape index (κ3) is 3.86. The fourth-order valence-corrected chi connectivity index (χ4v) is 4.52. The van der Waals surface area contributed by atoms with Crippen LogP contribution in [0.5, 0.6) is 17.2 Å². The maximum absolute atomic E-state index is 13.3. The molecule has 2 atom stereocenters. The van der Waals surface area contributed by atoms with Crippen molar-refractivity contribution in [1.82, 2.24) is 5.01 Å². The van der Waals surface area contributed by atoms with E-state index in [1.54, 1.807) is 26.3 Å². The molecule has 30 heavy (non-hydrogen) atoms. The number of methoxy groups -OCH3 is 3. The van der Waals surface area contributed by atoms with Gasteiger partial charge in [-0.3, -0.25) is 4.79 Å². The van der Waals surface area contributed by atoms with E-state index in [2.05, 4.69) is 0 Å². The molecular weight excluding hydrogens is 380 g/mol. The first-order valence-electron chi connectivity index (χ1n) is 10.4. The minimum atomic E-state index is -0.0232. The van der Waals surface area contributed by atoms with Gasteiger partial charge in [0.25, 0.3) is 0 Å². The minimum Gasteiger partial charge on any atom is -0.497 e. The lowest BCUT2D eigenvalue weighted by molar-refractivity contribution is -0.139. The first-order valence-corrected chi connectivity index (χ1v) is 10.4. The Balaban J connectivity index is 1.72. The van der Waals surface area contributed by atoms with Crippen LogP contribution in [0.4, 0.5) is 0 Å². The summed E-state index contributed by atoms with van der Waals surface area (Å²) in [4.78, 5) is 13.3. The molecule has 0 radical (unpaired) electrons. The van der Waals surface area contributed by atoms with E-state index >= 15 is 0 Å². The Bertz CT molecular complexity index is 956. The molecule has 1 heterocycles. The number of benzene rings is 2. The zero-order chi connectivity index (χ0) is 21.1. The highest BCUT2D eigenvalue weighted by molar-refractivity contribution is 6.07. The van der Waals surface area contributed by atoms with Crippen molar-refractivity contribution in [1.29, 1.82) is 0 Å². The number of carbonyl (C=O) groups excluding carboxylic acids is 1. The molecule has 0 aromatic heterocycles. The quantitative estimate of drug-likeness (QED) is 0.716. The molecule has 6 heteroatoms. The lowest BCUT2D eigenvalue weighted by atomic mass is 9.73. The summed E-state index contributed by atoms with van der Waals surface area (Å²) in [5, 5.41) is 6.49. The Morgan fingerprint density at radius 2 is 1.70 bits per heavy atom. The lowest BCUT2D eigenvalue weighted by Gasteiger charge is -2.38. The van der Waals surface area contributed by atoms with Crippen molar-refractivity contribution in [2.75, 3.05) is 21.3 Å². The highest BCUT2D eigenvalue weighted by atomic mass is 16.5. The maximum atomic E-state index is 13.3. The van der Waals surface area contributed by atoms with Crippen LogP contribution in [0.3, 0.4) is 0 Å². The average Bonchev–Trinajstić information content (AvgIpc) is 2.80. The predicted octanol–water partition coefficient (Wildman–Crippen LogP) is 4.27. The first-order chi connectivity index (χ1) is 14.6. The topological polar surface area (TPSA) is 60.4 Å². The molecule has 1 aliphatic carbocycles. The van der Waals surface area contributed by atoms with Gasteiger partial charge in [-0.05, 0) is 48.7 Å². The molecule has 6 nitrogen and oxygen atoms in total. The zero-order valence-electron chi connectivity index (χ0n) is 17.8. The number of hydrazone groups is 1. The number of ether oxygens (including phenoxy) is 3. The van der Waals surface area contributed by atoms with Gasteiger partial charge in [0, 0.05) is 17.4 Å². The molecule has 2 aliphatic rings. The molecule has 2 aromatic rings. The molecule has 1 fully saturated rings. The molecule has 1 saturated carbocycles. The fraction of sp³-hybridized carbons (Fsp3) is 0.417. The Labute approximate surface area is 177 Å². The molecule has 0 N–H and O–H groups in total. The molecule has 1 aliphatic heterocycles. The van der Waals surface area contributed by atoms with Crippen molar-refractivity contribution in [3.05, 3.63) is 53.6 Å². The van der Waals surface area contributed by atoms with E-state index in [1.165, 1.54) is 0 Å². The van der Waals surface area contributed by atoms with Gasteiger partial charge >= 0.3 is 0 Å². The first kappa shape index (κ1) is 20.3. The van der Waals surface area contributed by atoms with E-state index in [0.29, 0.717) is 18.0 Å². The van der Waals surface area contributed by atoms with E-state index < -0.39 is 0 Å². The molecule has 0 saturated heterocycles. The highest BCUT2D eigenvalue weighted by Gasteiger charge is 2.41. The zero-order valence-corrected chi connectivity index (χ0v) is 17.8. The highest BCUT2D eigenvalue weighted by Crippen LogP contribution is 2.39. The number of hydrogen-bond donors (Lipinski definition) is 0. The summed E-state index contributed by atoms with van der Waals surface area (Å²) < 4.78 is 16.2. The second-order valence-corrected chi connectivity index (χ2v) is 7.80. The van der Waals surface area contributed by atoms with Crippen molar-refractivity contribution >= 4 is 11.6 Å². The number of fused-ring (bicyclic) bond motifs is 1. The van der Waals surface area contributed by atoms with Gasteiger partial charge in [0.1, 0.15) is 5.75 Å². The smallest absolute Gasteiger partial charge is 0.246 e. The van der Waals surface area contributed by atoms with Gasteiger partial charge in [0.15, 0.2) is 11.5 Å². The molecule has 0 unspecified atom stereocenters. The van der Waals surface area contributed by atoms with Gasteiger partial charge in [0.05, 0.1) is 33.6 Å². The van der Waals surface area contributed by atoms with Gasteiger partial charge in [-0.1, -0.05) is 25.0 Å². The summed E-state index contributed by atoms with van der Waals surface area (Å²) in [5.41, 5.74) is 2.93. The van der Waals surface area contributed by atoms with Gasteiger partial charge in [0.2, 0.25) is 5.91 Å². The van der Waals surface area contributed by atoms with Crippen LogP contribution in [-0.2, 0) is 11.3 Å². The number of carbonyl (C=O) groups is 1. The summed E-state index contributed by atoms with van der Waals surface area (Å²) in [7, 11) is 4.90. The van der Waals surface area contributed by atoms with Crippen LogP contribution in [0.15, 0.2) is 47.6 Å². The second kappa shape index (κ2) is 8.78. The standard InChI is InChI=1S/C24H28N2O4/c1-28-18-8-6-7-16(13-18)15-26-24(27)20-10-5-4-9-19(20)23(25-26)17-11-12-21(29-2)22(14-17)30-3/h6-8,11-14,19-20H,4-5,9-10,15H2,1-3H3/t19-,20+/m1/s1. The van der Waals surface area contributed by atoms with E-state index in [9.17, 15) is 4.79 Å². The van der Waals surface area contributed by atoms with E-state index in [-0.39, 0.29) is 17.7 Å². The number of amides is 1. The number of nitrogens with zero attached hydrogens (tertiary/aromatic N) is 2. The lowest BCUT2D eigenvalue weighted by Crippen LogP contribution is -2.45. The van der Waals surface area contributed by atoms with Crippen LogP contribution in [0, 0.1) is 11.8 Å². The Morgan fingerprint density at radius 3 is 2.43 bits per heavy atom. The number of rotatable bonds is 6. The third-order valence-electron chi connectivity index (χ3n) is 6.06. The molecule has 1 amide bonds. The fourth-order valence-electron chi connectivity index (χ4n) is 4.52. The minimum absolute atomic E-state index is 0.0232. The van der Waals surface area contributed by atoms with Gasteiger partial charge in [-0.2, -0.15) is 5.10 Å². The van der Waals surface area contributed by atoms with Gasteiger partial charge < -0.3 is 14.2 Å². The van der Waals surface area contributed by atoms with Gasteiger partial charge in [-0.15, -0.1) is 0 Å². The average molecular weight is 408 g/mol. The van der Waals surface area contributed by atoms with Gasteiger partial charge in [-0.25, -0.2) is 5.01 Å². The molecule has 0 spiro atoms. The van der Waals surface area contributed by atoms with Crippen molar-refractivity contribution < 1.29 is 19.0 Å². The van der Waals surface area contributed by atoms with Crippen LogP contribution in [0.1, 0.15) is 36.8 Å². The van der Waals surface area contributed by atoms with Crippen molar-refractivity contribution in [2.24, 2.45) is 16.9 Å². The normalized spacial score (nSPS) is 21.0. The van der Waals surface area contributed by atoms with Crippen LogP contribution < -0.4 is 14.2 Å². The molecule has 2 aromatic carbocycles. The van der Waals surface area contributed by atoms with Crippen molar-refractivity contribution in [3.63, 3.8) is 0 Å². The Hall–Kier alpha value is -3.02. The maximum Gasteiger partial charge on any atom is 0.246 e. The van der Waals surface area contributed by atoms with Crippen LogP contribution in [0.2, 0.25) is 0 Å². The summed E-state index contributed by atoms with van der Waals surface area (Å²) >= 11 is 0. The van der Waals surface area contributed by atoms with E-state index in [0.717, 1.165) is 48.3 Å². The molecular formula is C24H28N2O4. The molecule has 0 bridgehead atoms. The van der Waals surface area contributed by atoms with E-state index in [1.807, 2.05) is 42.5 Å². The summed E-state index contributed by atoms with van der Waals surface area (Å²) in [6.45, 7) is 0.427. The monoisotopic (exact) mass is 408 g/mol. The van der Waals surface area contributed by atoms with E-state index in [4.69, 9.17) is 19.3 Å². The Kier molecular flexibility index (Phi) is 5.93. The largest absolute Gasteiger partial charge is 0.497 e. The van der Waals surface area contributed by atoms with Crippen LogP contribution in [0.25, 0.3) is 0 Å². The van der Waals surface area contributed by atoms with Crippen molar-refractivity contribution in [2.45, 2.75) is 32.2 Å². The molecule has 158 valence electrons. The number of hydrogen-bond acceptors (Lipinski definition) is 5. The summed E-state index contributed by atoms with van der Waals surface area (Å²) in [6, 6.07) is 13.6. The summed E-state index contributed by atoms with van der Waals surface area (Å²) in [6.07, 6.45) is 4.09. The van der Waals surface area contributed by atoms with Crippen LogP contribution in [-0.4, -0.2) is 38.0 Å². The van der Waals surface area contributed by atoms with Crippen molar-refractivity contribution in [3.8, 4) is 17.2 Å². The molecule has 4 rings (SSSR count). The third-order valence-corrected chi connectivity index (χ3v) is 6.06.